The zero-order chi connectivity index (χ0) is 26.1. The van der Waals surface area contributed by atoms with E-state index in [1.807, 2.05) is 4.90 Å². The number of rotatable bonds is 13. The molecule has 35 heavy (non-hydrogen) atoms. The van der Waals surface area contributed by atoms with Crippen LogP contribution in [0.15, 0.2) is 0 Å². The van der Waals surface area contributed by atoms with Crippen LogP contribution in [0, 0.1) is 33.5 Å². The van der Waals surface area contributed by atoms with Crippen LogP contribution in [-0.4, -0.2) is 61.0 Å². The number of piperidine rings is 1. The first-order chi connectivity index (χ1) is 16.8. The first kappa shape index (κ1) is 30.5. The van der Waals surface area contributed by atoms with E-state index in [4.69, 9.17) is 21.6 Å². The first-order valence-corrected chi connectivity index (χ1v) is 13.7. The maximum absolute atomic E-state index is 8.32. The smallest absolute Gasteiger partial charge is 0.197 e. The lowest BCUT2D eigenvalue weighted by molar-refractivity contribution is 0.293. The van der Waals surface area contributed by atoms with Crippen molar-refractivity contribution in [3.8, 4) is 0 Å². The van der Waals surface area contributed by atoms with E-state index in [0.717, 1.165) is 38.8 Å². The number of hydrogen-bond acceptors (Lipinski definition) is 4. The maximum atomic E-state index is 8.32. The Morgan fingerprint density at radius 1 is 0.743 bits per heavy atom. The molecule has 10 heteroatoms. The SMILES string of the molecule is CCCCC(CC)CNC(=N)NC(=N)NC1CCN(C(=N)NC(=N)NCC(CC)CCCC)CC1. The minimum atomic E-state index is 0.126. The molecule has 1 saturated heterocycles. The first-order valence-electron chi connectivity index (χ1n) is 13.7. The molecule has 0 saturated carbocycles. The maximum Gasteiger partial charge on any atom is 0.197 e. The molecular weight excluding hydrogens is 440 g/mol. The average Bonchev–Trinajstić information content (AvgIpc) is 2.84. The quantitative estimate of drug-likeness (QED) is 0.141. The Labute approximate surface area is 213 Å². The monoisotopic (exact) mass is 492 g/mol. The zero-order valence-corrected chi connectivity index (χ0v) is 22.6. The Hall–Kier alpha value is -2.52. The van der Waals surface area contributed by atoms with Crippen molar-refractivity contribution in [3.05, 3.63) is 0 Å². The van der Waals surface area contributed by atoms with Crippen LogP contribution in [0.4, 0.5) is 0 Å². The summed E-state index contributed by atoms with van der Waals surface area (Å²) in [5.41, 5.74) is 0. The summed E-state index contributed by atoms with van der Waals surface area (Å²) in [7, 11) is 0. The van der Waals surface area contributed by atoms with Crippen molar-refractivity contribution >= 4 is 23.8 Å². The van der Waals surface area contributed by atoms with Crippen molar-refractivity contribution in [2.24, 2.45) is 11.8 Å². The Bertz CT molecular complexity index is 642. The van der Waals surface area contributed by atoms with E-state index in [0.29, 0.717) is 24.9 Å². The predicted octanol–water partition coefficient (Wildman–Crippen LogP) is 3.57. The van der Waals surface area contributed by atoms with Crippen molar-refractivity contribution in [1.82, 2.24) is 31.5 Å². The molecule has 0 aromatic carbocycles. The fourth-order valence-electron chi connectivity index (χ4n) is 4.28. The van der Waals surface area contributed by atoms with Gasteiger partial charge in [0.15, 0.2) is 23.8 Å². The van der Waals surface area contributed by atoms with E-state index >= 15 is 0 Å². The van der Waals surface area contributed by atoms with Crippen LogP contribution >= 0.6 is 0 Å². The van der Waals surface area contributed by atoms with Gasteiger partial charge in [0.05, 0.1) is 0 Å². The molecule has 0 aromatic rings. The van der Waals surface area contributed by atoms with Crippen LogP contribution in [0.3, 0.4) is 0 Å². The second-order valence-corrected chi connectivity index (χ2v) is 9.72. The second-order valence-electron chi connectivity index (χ2n) is 9.72. The van der Waals surface area contributed by atoms with E-state index < -0.39 is 0 Å². The highest BCUT2D eigenvalue weighted by Gasteiger charge is 2.22. The standard InChI is InChI=1S/C25H52N10/c1-5-9-11-19(7-3)17-30-22(26)33-24(28)32-21-13-15-35(16-14-21)25(29)34-23(27)31-18-20(8-4)12-10-6-2/h19-21H,5-18H2,1-4H3,(H4,27,29,31,34)(H5,26,28,30,32,33). The molecule has 1 aliphatic rings. The summed E-state index contributed by atoms with van der Waals surface area (Å²) in [6.07, 6.45) is 10.9. The third kappa shape index (κ3) is 13.2. The van der Waals surface area contributed by atoms with Crippen molar-refractivity contribution in [2.45, 2.75) is 97.9 Å². The molecule has 1 fully saturated rings. The highest BCUT2D eigenvalue weighted by molar-refractivity contribution is 5.96. The van der Waals surface area contributed by atoms with Gasteiger partial charge in [0.25, 0.3) is 0 Å². The average molecular weight is 493 g/mol. The molecule has 0 spiro atoms. The van der Waals surface area contributed by atoms with Crippen LogP contribution in [0.5, 0.6) is 0 Å². The van der Waals surface area contributed by atoms with Crippen molar-refractivity contribution in [3.63, 3.8) is 0 Å². The minimum absolute atomic E-state index is 0.126. The fraction of sp³-hybridized carbons (Fsp3) is 0.840. The van der Waals surface area contributed by atoms with E-state index in [1.54, 1.807) is 0 Å². The molecule has 0 aliphatic carbocycles. The molecule has 1 heterocycles. The lowest BCUT2D eigenvalue weighted by Crippen LogP contribution is -2.55. The molecular formula is C25H52N10. The molecule has 2 unspecified atom stereocenters. The summed E-state index contributed by atoms with van der Waals surface area (Å²) in [6, 6.07) is 0.126. The van der Waals surface area contributed by atoms with Crippen molar-refractivity contribution in [1.29, 1.82) is 21.6 Å². The van der Waals surface area contributed by atoms with Crippen LogP contribution in [0.25, 0.3) is 0 Å². The van der Waals surface area contributed by atoms with E-state index in [1.165, 1.54) is 38.5 Å². The number of nitrogens with zero attached hydrogens (tertiary/aromatic N) is 1. The predicted molar refractivity (Wildman–Crippen MR) is 148 cm³/mol. The number of hydrogen-bond donors (Lipinski definition) is 9. The highest BCUT2D eigenvalue weighted by atomic mass is 15.3. The van der Waals surface area contributed by atoms with E-state index in [-0.39, 0.29) is 29.9 Å². The molecule has 9 N–H and O–H groups in total. The largest absolute Gasteiger partial charge is 0.356 e. The zero-order valence-electron chi connectivity index (χ0n) is 22.6. The Kier molecular flexibility index (Phi) is 15.6. The molecule has 0 aromatic heterocycles. The van der Waals surface area contributed by atoms with Crippen LogP contribution in [0.1, 0.15) is 91.9 Å². The lowest BCUT2D eigenvalue weighted by Gasteiger charge is -2.34. The Morgan fingerprint density at radius 3 is 1.69 bits per heavy atom. The molecule has 0 bridgehead atoms. The lowest BCUT2D eigenvalue weighted by atomic mass is 9.99. The molecule has 0 radical (unpaired) electrons. The van der Waals surface area contributed by atoms with Gasteiger partial charge in [0.1, 0.15) is 0 Å². The number of nitrogens with one attached hydrogen (secondary N) is 9. The van der Waals surface area contributed by atoms with Gasteiger partial charge in [-0.2, -0.15) is 0 Å². The highest BCUT2D eigenvalue weighted by Crippen LogP contribution is 2.12. The Balaban J connectivity index is 2.27. The number of likely N-dealkylation sites (tertiary alicyclic amines) is 1. The van der Waals surface area contributed by atoms with Gasteiger partial charge in [0, 0.05) is 32.2 Å². The molecule has 1 rings (SSSR count). The van der Waals surface area contributed by atoms with Crippen molar-refractivity contribution < 1.29 is 0 Å². The second kappa shape index (κ2) is 17.8. The third-order valence-electron chi connectivity index (χ3n) is 6.87. The minimum Gasteiger partial charge on any atom is -0.356 e. The summed E-state index contributed by atoms with van der Waals surface area (Å²) in [5.74, 6) is 1.83. The third-order valence-corrected chi connectivity index (χ3v) is 6.87. The molecule has 10 nitrogen and oxygen atoms in total. The number of unbranched alkanes of at least 4 members (excludes halogenated alkanes) is 2. The van der Waals surface area contributed by atoms with Gasteiger partial charge < -0.3 is 20.9 Å². The molecule has 202 valence electrons. The number of guanidine groups is 4. The topological polar surface area (TPSA) is 159 Å². The fourth-order valence-corrected chi connectivity index (χ4v) is 4.28. The molecule has 1 aliphatic heterocycles. The van der Waals surface area contributed by atoms with Gasteiger partial charge in [0.2, 0.25) is 0 Å². The molecule has 0 amide bonds. The normalized spacial score (nSPS) is 15.6. The van der Waals surface area contributed by atoms with Gasteiger partial charge in [-0.25, -0.2) is 0 Å². The van der Waals surface area contributed by atoms with Gasteiger partial charge in [-0.15, -0.1) is 0 Å². The summed E-state index contributed by atoms with van der Waals surface area (Å²) in [5, 5.41) is 47.7. The van der Waals surface area contributed by atoms with Crippen molar-refractivity contribution in [2.75, 3.05) is 26.2 Å². The summed E-state index contributed by atoms with van der Waals surface area (Å²) in [6.45, 7) is 11.6. The van der Waals surface area contributed by atoms with Crippen LogP contribution in [0.2, 0.25) is 0 Å². The summed E-state index contributed by atoms with van der Waals surface area (Å²) in [4.78, 5) is 1.94. The van der Waals surface area contributed by atoms with E-state index in [9.17, 15) is 0 Å². The van der Waals surface area contributed by atoms with Crippen LogP contribution < -0.4 is 26.6 Å². The van der Waals surface area contributed by atoms with E-state index in [2.05, 4.69) is 54.3 Å². The van der Waals surface area contributed by atoms with Gasteiger partial charge >= 0.3 is 0 Å². The summed E-state index contributed by atoms with van der Waals surface area (Å²) >= 11 is 0. The van der Waals surface area contributed by atoms with Gasteiger partial charge in [-0.1, -0.05) is 66.2 Å². The Morgan fingerprint density at radius 2 is 1.23 bits per heavy atom. The van der Waals surface area contributed by atoms with Crippen LogP contribution in [-0.2, 0) is 0 Å². The molecule has 2 atom stereocenters. The summed E-state index contributed by atoms with van der Waals surface area (Å²) < 4.78 is 0. The van der Waals surface area contributed by atoms with Gasteiger partial charge in [-0.05, 0) is 37.5 Å². The van der Waals surface area contributed by atoms with Gasteiger partial charge in [-0.3, -0.25) is 32.3 Å².